The van der Waals surface area contributed by atoms with Crippen molar-refractivity contribution in [2.45, 2.75) is 31.6 Å². The number of alkyl halides is 12. The molecular formula is C30H26F13N5O9. The molecule has 3 aromatic rings. The van der Waals surface area contributed by atoms with Crippen LogP contribution in [-0.4, -0.2) is 111 Å². The second kappa shape index (κ2) is 21.6. The molecule has 316 valence electrons. The second-order valence-electron chi connectivity index (χ2n) is 10.2. The Morgan fingerprint density at radius 2 is 0.982 bits per heavy atom. The first-order chi connectivity index (χ1) is 25.9. The van der Waals surface area contributed by atoms with Gasteiger partial charge in [-0.3, -0.25) is 9.78 Å². The third-order valence-electron chi connectivity index (χ3n) is 6.04. The molecule has 0 spiro atoms. The van der Waals surface area contributed by atoms with Crippen LogP contribution in [0, 0.1) is 12.7 Å². The van der Waals surface area contributed by atoms with Crippen molar-refractivity contribution in [1.29, 1.82) is 0 Å². The van der Waals surface area contributed by atoms with Gasteiger partial charge in [-0.25, -0.2) is 28.6 Å². The van der Waals surface area contributed by atoms with Crippen molar-refractivity contribution in [3.05, 3.63) is 78.0 Å². The predicted molar refractivity (Wildman–Crippen MR) is 167 cm³/mol. The molecule has 0 radical (unpaired) electrons. The Hall–Kier alpha value is -6.44. The molecule has 3 heterocycles. The maximum absolute atomic E-state index is 13.7. The Morgan fingerprint density at radius 1 is 0.596 bits per heavy atom. The van der Waals surface area contributed by atoms with Crippen molar-refractivity contribution in [1.82, 2.24) is 9.97 Å². The smallest absolute Gasteiger partial charge is 0.475 e. The van der Waals surface area contributed by atoms with Gasteiger partial charge in [-0.15, -0.1) is 0 Å². The van der Waals surface area contributed by atoms with E-state index in [-0.39, 0.29) is 11.7 Å². The SMILES string of the molecule is Cc1ccc(NC(=O)c2ccnc(N3CCN(c4ccncc4)CC3)c2)cc1F.O=C(O)C(F)(F)F.O=C(O)C(F)(F)F.O=C(O)C(F)(F)F.O=C(O)C(F)(F)F. The molecule has 0 aliphatic carbocycles. The summed E-state index contributed by atoms with van der Waals surface area (Å²) in [5, 5.41) is 31.2. The number of carboxylic acids is 4. The molecule has 1 aliphatic rings. The van der Waals surface area contributed by atoms with Crippen LogP contribution in [0.4, 0.5) is 74.3 Å². The van der Waals surface area contributed by atoms with E-state index in [2.05, 4.69) is 25.1 Å². The lowest BCUT2D eigenvalue weighted by Gasteiger charge is -2.36. The van der Waals surface area contributed by atoms with Gasteiger partial charge in [0.2, 0.25) is 0 Å². The summed E-state index contributed by atoms with van der Waals surface area (Å²) in [7, 11) is 0. The normalized spacial score (nSPS) is 12.7. The molecule has 1 aromatic carbocycles. The van der Waals surface area contributed by atoms with Gasteiger partial charge in [0, 0.05) is 61.7 Å². The number of piperazine rings is 1. The Balaban J connectivity index is 0.000000909. The number of nitrogens with one attached hydrogen (secondary N) is 1. The standard InChI is InChI=1S/C22H22FN5O.4C2HF3O2/c1-16-2-3-18(15-20(16)23)26-22(29)17-4-9-25-21(14-17)28-12-10-27(11-13-28)19-5-7-24-8-6-19;4*3-2(4,5)1(6)7/h2-9,14-15H,10-13H2,1H3,(H,26,29);4*(H,6,7). The van der Waals surface area contributed by atoms with E-state index in [1.54, 1.807) is 49.8 Å². The molecule has 1 fully saturated rings. The molecule has 1 amide bonds. The zero-order valence-electron chi connectivity index (χ0n) is 28.1. The lowest BCUT2D eigenvalue weighted by Crippen LogP contribution is -2.46. The van der Waals surface area contributed by atoms with Crippen molar-refractivity contribution >= 4 is 47.0 Å². The van der Waals surface area contributed by atoms with Crippen LogP contribution in [0.5, 0.6) is 0 Å². The summed E-state index contributed by atoms with van der Waals surface area (Å²) in [4.78, 5) is 61.1. The number of carbonyl (C=O) groups excluding carboxylic acids is 1. The summed E-state index contributed by atoms with van der Waals surface area (Å²) in [6.45, 7) is 5.03. The Morgan fingerprint density at radius 3 is 1.35 bits per heavy atom. The zero-order valence-corrected chi connectivity index (χ0v) is 28.1. The number of aryl methyl sites for hydroxylation is 1. The number of hydrogen-bond donors (Lipinski definition) is 5. The molecule has 1 aliphatic heterocycles. The molecule has 2 aromatic heterocycles. The minimum atomic E-state index is -5.08. The van der Waals surface area contributed by atoms with Crippen molar-refractivity contribution in [3.8, 4) is 0 Å². The maximum atomic E-state index is 13.7. The number of nitrogens with zero attached hydrogens (tertiary/aromatic N) is 4. The van der Waals surface area contributed by atoms with Crippen LogP contribution in [0.1, 0.15) is 15.9 Å². The fourth-order valence-electron chi connectivity index (χ4n) is 3.36. The lowest BCUT2D eigenvalue weighted by atomic mass is 10.2. The number of amides is 1. The van der Waals surface area contributed by atoms with Gasteiger partial charge in [0.05, 0.1) is 0 Å². The van der Waals surface area contributed by atoms with E-state index in [1.165, 1.54) is 6.07 Å². The average Bonchev–Trinajstić information content (AvgIpc) is 3.10. The summed E-state index contributed by atoms with van der Waals surface area (Å²) >= 11 is 0. The minimum absolute atomic E-state index is 0.285. The first-order valence-corrected chi connectivity index (χ1v) is 14.5. The van der Waals surface area contributed by atoms with E-state index in [9.17, 15) is 61.9 Å². The molecule has 0 saturated carbocycles. The van der Waals surface area contributed by atoms with Crippen molar-refractivity contribution < 1.29 is 101 Å². The van der Waals surface area contributed by atoms with Gasteiger partial charge in [0.25, 0.3) is 5.91 Å². The van der Waals surface area contributed by atoms with Crippen LogP contribution in [-0.2, 0) is 19.2 Å². The van der Waals surface area contributed by atoms with E-state index >= 15 is 0 Å². The average molecular weight is 848 g/mol. The van der Waals surface area contributed by atoms with Gasteiger partial charge in [-0.2, -0.15) is 52.7 Å². The van der Waals surface area contributed by atoms with Crippen LogP contribution < -0.4 is 15.1 Å². The molecule has 5 N–H and O–H groups in total. The molecule has 4 rings (SSSR count). The number of aliphatic carboxylic acids is 4. The Kier molecular flexibility index (Phi) is 19.2. The minimum Gasteiger partial charge on any atom is -0.475 e. The van der Waals surface area contributed by atoms with Crippen LogP contribution >= 0.6 is 0 Å². The number of hydrogen-bond acceptors (Lipinski definition) is 9. The van der Waals surface area contributed by atoms with Crippen LogP contribution in [0.3, 0.4) is 0 Å². The number of carboxylic acid groups (broad SMARTS) is 4. The fraction of sp³-hybridized carbons (Fsp3) is 0.300. The van der Waals surface area contributed by atoms with Crippen LogP contribution in [0.25, 0.3) is 0 Å². The zero-order chi connectivity index (χ0) is 44.5. The van der Waals surface area contributed by atoms with Crippen molar-refractivity contribution in [2.24, 2.45) is 0 Å². The monoisotopic (exact) mass is 847 g/mol. The van der Waals surface area contributed by atoms with E-state index in [1.807, 2.05) is 12.1 Å². The largest absolute Gasteiger partial charge is 0.490 e. The fourth-order valence-corrected chi connectivity index (χ4v) is 3.36. The molecular weight excluding hydrogens is 821 g/mol. The molecule has 1 saturated heterocycles. The van der Waals surface area contributed by atoms with Gasteiger partial charge < -0.3 is 35.5 Å². The lowest BCUT2D eigenvalue weighted by molar-refractivity contribution is -0.193. The first-order valence-electron chi connectivity index (χ1n) is 14.5. The predicted octanol–water partition coefficient (Wildman–Crippen LogP) is 6.04. The number of benzene rings is 1. The van der Waals surface area contributed by atoms with Crippen molar-refractivity contribution in [2.75, 3.05) is 41.3 Å². The number of rotatable bonds is 4. The van der Waals surface area contributed by atoms with Crippen LogP contribution in [0.15, 0.2) is 61.1 Å². The summed E-state index contributed by atoms with van der Waals surface area (Å²) in [5.41, 5.74) is 2.63. The molecule has 0 unspecified atom stereocenters. The molecule has 27 heteroatoms. The third-order valence-corrected chi connectivity index (χ3v) is 6.04. The third kappa shape index (κ3) is 20.2. The van der Waals surface area contributed by atoms with Gasteiger partial charge in [0.1, 0.15) is 11.6 Å². The van der Waals surface area contributed by atoms with Crippen LogP contribution in [0.2, 0.25) is 0 Å². The maximum Gasteiger partial charge on any atom is 0.490 e. The molecule has 14 nitrogen and oxygen atoms in total. The second-order valence-corrected chi connectivity index (χ2v) is 10.2. The van der Waals surface area contributed by atoms with E-state index < -0.39 is 48.6 Å². The molecule has 0 atom stereocenters. The van der Waals surface area contributed by atoms with Gasteiger partial charge in [-0.05, 0) is 48.9 Å². The number of aromatic nitrogens is 2. The van der Waals surface area contributed by atoms with Crippen molar-refractivity contribution in [3.63, 3.8) is 0 Å². The summed E-state index contributed by atoms with van der Waals surface area (Å²) in [6, 6.07) is 12.1. The number of anilines is 3. The first kappa shape index (κ1) is 50.6. The highest BCUT2D eigenvalue weighted by Crippen LogP contribution is 2.21. The van der Waals surface area contributed by atoms with Gasteiger partial charge >= 0.3 is 48.6 Å². The van der Waals surface area contributed by atoms with E-state index in [0.717, 1.165) is 37.7 Å². The molecule has 57 heavy (non-hydrogen) atoms. The quantitative estimate of drug-likeness (QED) is 0.190. The summed E-state index contributed by atoms with van der Waals surface area (Å²) < 4.78 is 141. The van der Waals surface area contributed by atoms with Gasteiger partial charge in [-0.1, -0.05) is 6.07 Å². The Labute approximate surface area is 309 Å². The Bertz CT molecular complexity index is 1700. The summed E-state index contributed by atoms with van der Waals surface area (Å²) in [6.07, 6.45) is -15.1. The summed E-state index contributed by atoms with van der Waals surface area (Å²) in [5.74, 6) is -10.9. The number of pyridine rings is 2. The number of halogens is 13. The highest BCUT2D eigenvalue weighted by atomic mass is 19.4. The number of carbonyl (C=O) groups is 5. The van der Waals surface area contributed by atoms with E-state index in [0.29, 0.717) is 16.8 Å². The van der Waals surface area contributed by atoms with Gasteiger partial charge in [0.15, 0.2) is 0 Å². The van der Waals surface area contributed by atoms with E-state index in [4.69, 9.17) is 39.6 Å². The molecule has 0 bridgehead atoms. The highest BCUT2D eigenvalue weighted by Gasteiger charge is 2.40. The topological polar surface area (TPSA) is 211 Å². The highest BCUT2D eigenvalue weighted by molar-refractivity contribution is 6.04.